The SMILES string of the molecule is COc1cc(C)cc(-c2nccn2[C@@H]2C[C@@H]3CC[C@H]2O3)c1OC. The first-order valence-corrected chi connectivity index (χ1v) is 8.12. The number of aromatic nitrogens is 2. The maximum atomic E-state index is 6.02. The van der Waals surface area contributed by atoms with Crippen LogP contribution >= 0.6 is 0 Å². The molecule has 2 aromatic rings. The van der Waals surface area contributed by atoms with Gasteiger partial charge < -0.3 is 18.8 Å². The van der Waals surface area contributed by atoms with Crippen LogP contribution in [0.2, 0.25) is 0 Å². The number of nitrogens with zero attached hydrogens (tertiary/aromatic N) is 2. The molecular formula is C18H22N2O3. The standard InChI is InChI=1S/C18H22N2O3/c1-11-8-13(17(22-3)16(9-11)21-2)18-19-6-7-20(18)14-10-12-4-5-15(14)23-12/h6-9,12,14-15H,4-5,10H2,1-3H3/t12-,14+,15+/m0/s1. The summed E-state index contributed by atoms with van der Waals surface area (Å²) in [5, 5.41) is 0. The van der Waals surface area contributed by atoms with Gasteiger partial charge in [-0.25, -0.2) is 4.98 Å². The molecule has 3 atom stereocenters. The van der Waals surface area contributed by atoms with Crippen molar-refractivity contribution in [1.82, 2.24) is 9.55 Å². The Kier molecular flexibility index (Phi) is 3.53. The Morgan fingerprint density at radius 3 is 2.74 bits per heavy atom. The Hall–Kier alpha value is -2.01. The highest BCUT2D eigenvalue weighted by molar-refractivity contribution is 5.70. The number of ether oxygens (including phenoxy) is 3. The molecule has 3 heterocycles. The van der Waals surface area contributed by atoms with Crippen molar-refractivity contribution in [1.29, 1.82) is 0 Å². The van der Waals surface area contributed by atoms with Crippen LogP contribution < -0.4 is 9.47 Å². The summed E-state index contributed by atoms with van der Waals surface area (Å²) in [6, 6.07) is 4.45. The van der Waals surface area contributed by atoms with Crippen molar-refractivity contribution in [3.05, 3.63) is 30.1 Å². The van der Waals surface area contributed by atoms with Crippen molar-refractivity contribution < 1.29 is 14.2 Å². The fraction of sp³-hybridized carbons (Fsp3) is 0.500. The van der Waals surface area contributed by atoms with E-state index < -0.39 is 0 Å². The van der Waals surface area contributed by atoms with Gasteiger partial charge in [0.25, 0.3) is 0 Å². The Balaban J connectivity index is 1.80. The number of hydrogen-bond acceptors (Lipinski definition) is 4. The van der Waals surface area contributed by atoms with E-state index in [9.17, 15) is 0 Å². The van der Waals surface area contributed by atoms with Crippen molar-refractivity contribution in [2.24, 2.45) is 0 Å². The Morgan fingerprint density at radius 2 is 2.09 bits per heavy atom. The van der Waals surface area contributed by atoms with Crippen molar-refractivity contribution in [2.45, 2.75) is 44.4 Å². The topological polar surface area (TPSA) is 45.5 Å². The average Bonchev–Trinajstić information content (AvgIpc) is 3.29. The van der Waals surface area contributed by atoms with E-state index in [0.717, 1.165) is 41.3 Å². The monoisotopic (exact) mass is 314 g/mol. The second-order valence-electron chi connectivity index (χ2n) is 6.38. The normalized spacial score (nSPS) is 25.8. The Bertz CT molecular complexity index is 725. The minimum absolute atomic E-state index is 0.311. The van der Waals surface area contributed by atoms with Crippen LogP contribution in [0.5, 0.6) is 11.5 Å². The maximum Gasteiger partial charge on any atom is 0.171 e. The fourth-order valence-corrected chi connectivity index (χ4v) is 3.96. The predicted octanol–water partition coefficient (Wildman–Crippen LogP) is 3.37. The van der Waals surface area contributed by atoms with E-state index in [0.29, 0.717) is 18.2 Å². The molecule has 0 N–H and O–H groups in total. The summed E-state index contributed by atoms with van der Waals surface area (Å²) in [5.41, 5.74) is 2.09. The first kappa shape index (κ1) is 14.6. The number of fused-ring (bicyclic) bond motifs is 2. The van der Waals surface area contributed by atoms with Crippen molar-refractivity contribution in [3.8, 4) is 22.9 Å². The number of imidazole rings is 1. The third-order valence-electron chi connectivity index (χ3n) is 4.96. The molecule has 0 amide bonds. The zero-order chi connectivity index (χ0) is 16.0. The lowest BCUT2D eigenvalue weighted by Gasteiger charge is -2.23. The molecule has 1 aromatic carbocycles. The molecule has 1 aromatic heterocycles. The summed E-state index contributed by atoms with van der Waals surface area (Å²) < 4.78 is 19.4. The summed E-state index contributed by atoms with van der Waals surface area (Å²) in [6.07, 6.45) is 8.03. The third-order valence-corrected chi connectivity index (χ3v) is 4.96. The van der Waals surface area contributed by atoms with Crippen LogP contribution in [0.15, 0.2) is 24.5 Å². The lowest BCUT2D eigenvalue weighted by Crippen LogP contribution is -2.21. The number of aryl methyl sites for hydroxylation is 1. The van der Waals surface area contributed by atoms with Gasteiger partial charge in [0.15, 0.2) is 11.5 Å². The highest BCUT2D eigenvalue weighted by Crippen LogP contribution is 2.45. The quantitative estimate of drug-likeness (QED) is 0.868. The lowest BCUT2D eigenvalue weighted by atomic mass is 9.95. The summed E-state index contributed by atoms with van der Waals surface area (Å²) in [5.74, 6) is 2.39. The van der Waals surface area contributed by atoms with E-state index in [4.69, 9.17) is 14.2 Å². The highest BCUT2D eigenvalue weighted by atomic mass is 16.5. The molecule has 0 aliphatic carbocycles. The van der Waals surface area contributed by atoms with Gasteiger partial charge in [-0.1, -0.05) is 0 Å². The lowest BCUT2D eigenvalue weighted by molar-refractivity contribution is 0.0940. The van der Waals surface area contributed by atoms with Crippen molar-refractivity contribution >= 4 is 0 Å². The molecule has 23 heavy (non-hydrogen) atoms. The molecule has 2 fully saturated rings. The molecule has 0 saturated carbocycles. The molecule has 2 saturated heterocycles. The van der Waals surface area contributed by atoms with Crippen LogP contribution in [0.25, 0.3) is 11.4 Å². The van der Waals surface area contributed by atoms with Gasteiger partial charge in [0.05, 0.1) is 38.0 Å². The number of methoxy groups -OCH3 is 2. The van der Waals surface area contributed by atoms with Gasteiger partial charge in [-0.2, -0.15) is 0 Å². The first-order chi connectivity index (χ1) is 11.2. The number of rotatable bonds is 4. The molecule has 5 heteroatoms. The molecule has 2 aliphatic heterocycles. The summed E-state index contributed by atoms with van der Waals surface area (Å²) in [7, 11) is 3.34. The molecule has 0 unspecified atom stereocenters. The fourth-order valence-electron chi connectivity index (χ4n) is 3.96. The molecule has 2 aliphatic rings. The second kappa shape index (κ2) is 5.57. The third kappa shape index (κ3) is 2.30. The van der Waals surface area contributed by atoms with Crippen LogP contribution in [0.4, 0.5) is 0 Å². The van der Waals surface area contributed by atoms with Gasteiger partial charge in [0, 0.05) is 12.4 Å². The van der Waals surface area contributed by atoms with Crippen LogP contribution in [0.1, 0.15) is 30.9 Å². The van der Waals surface area contributed by atoms with Crippen LogP contribution in [-0.4, -0.2) is 36.0 Å². The summed E-state index contributed by atoms with van der Waals surface area (Å²) >= 11 is 0. The van der Waals surface area contributed by atoms with Gasteiger partial charge in [-0.15, -0.1) is 0 Å². The largest absolute Gasteiger partial charge is 0.493 e. The van der Waals surface area contributed by atoms with E-state index in [2.05, 4.69) is 28.7 Å². The van der Waals surface area contributed by atoms with Gasteiger partial charge in [-0.05, 0) is 43.9 Å². The first-order valence-electron chi connectivity index (χ1n) is 8.12. The summed E-state index contributed by atoms with van der Waals surface area (Å²) in [6.45, 7) is 2.05. The van der Waals surface area contributed by atoms with Crippen molar-refractivity contribution in [3.63, 3.8) is 0 Å². The van der Waals surface area contributed by atoms with Gasteiger partial charge in [0.2, 0.25) is 0 Å². The average molecular weight is 314 g/mol. The molecule has 122 valence electrons. The highest BCUT2D eigenvalue weighted by Gasteiger charge is 2.42. The number of benzene rings is 1. The van der Waals surface area contributed by atoms with Gasteiger partial charge in [-0.3, -0.25) is 0 Å². The molecule has 2 bridgehead atoms. The zero-order valence-electron chi connectivity index (χ0n) is 13.8. The summed E-state index contributed by atoms with van der Waals surface area (Å²) in [4.78, 5) is 4.61. The molecule has 0 spiro atoms. The van der Waals surface area contributed by atoms with Crippen LogP contribution in [-0.2, 0) is 4.74 Å². The predicted molar refractivity (Wildman–Crippen MR) is 87.1 cm³/mol. The molecule has 0 radical (unpaired) electrons. The van der Waals surface area contributed by atoms with Gasteiger partial charge >= 0.3 is 0 Å². The Morgan fingerprint density at radius 1 is 1.22 bits per heavy atom. The van der Waals surface area contributed by atoms with E-state index in [-0.39, 0.29) is 0 Å². The zero-order valence-corrected chi connectivity index (χ0v) is 13.8. The van der Waals surface area contributed by atoms with E-state index in [1.807, 2.05) is 12.3 Å². The Labute approximate surface area is 136 Å². The minimum atomic E-state index is 0.311. The molecule has 4 rings (SSSR count). The van der Waals surface area contributed by atoms with E-state index in [1.54, 1.807) is 14.2 Å². The maximum absolute atomic E-state index is 6.02. The molecule has 5 nitrogen and oxygen atoms in total. The van der Waals surface area contributed by atoms with Gasteiger partial charge in [0.1, 0.15) is 5.82 Å². The van der Waals surface area contributed by atoms with E-state index in [1.165, 1.54) is 6.42 Å². The smallest absolute Gasteiger partial charge is 0.171 e. The number of hydrogen-bond donors (Lipinski definition) is 0. The van der Waals surface area contributed by atoms with Crippen LogP contribution in [0, 0.1) is 6.92 Å². The van der Waals surface area contributed by atoms with E-state index >= 15 is 0 Å². The minimum Gasteiger partial charge on any atom is -0.493 e. The molecular weight excluding hydrogens is 292 g/mol. The second-order valence-corrected chi connectivity index (χ2v) is 6.38. The van der Waals surface area contributed by atoms with Crippen LogP contribution in [0.3, 0.4) is 0 Å². The van der Waals surface area contributed by atoms with Crippen molar-refractivity contribution in [2.75, 3.05) is 14.2 Å².